The number of sulfonamides is 1. The van der Waals surface area contributed by atoms with Gasteiger partial charge in [0.2, 0.25) is 21.8 Å². The first-order chi connectivity index (χ1) is 19.6. The van der Waals surface area contributed by atoms with E-state index in [9.17, 15) is 18.0 Å². The van der Waals surface area contributed by atoms with Crippen LogP contribution in [0.1, 0.15) is 43.7 Å². The molecule has 0 aliphatic carbocycles. The van der Waals surface area contributed by atoms with E-state index in [0.717, 1.165) is 30.2 Å². The van der Waals surface area contributed by atoms with E-state index in [2.05, 4.69) is 5.32 Å². The zero-order valence-corrected chi connectivity index (χ0v) is 25.8. The van der Waals surface area contributed by atoms with Crippen LogP contribution in [0.4, 0.5) is 5.69 Å². The highest BCUT2D eigenvalue weighted by Gasteiger charge is 2.31. The first kappa shape index (κ1) is 32.4. The Hall–Kier alpha value is -3.07. The van der Waals surface area contributed by atoms with Crippen LogP contribution in [0.25, 0.3) is 0 Å². The molecule has 0 heterocycles. The number of hydrogen-bond acceptors (Lipinski definition) is 4. The van der Waals surface area contributed by atoms with Gasteiger partial charge in [-0.3, -0.25) is 13.9 Å². The van der Waals surface area contributed by atoms with Crippen LogP contribution in [0.15, 0.2) is 78.9 Å². The second kappa shape index (κ2) is 15.8. The molecule has 0 fully saturated rings. The first-order valence-electron chi connectivity index (χ1n) is 13.7. The number of amides is 2. The lowest BCUT2D eigenvalue weighted by Gasteiger charge is -2.32. The second-order valence-electron chi connectivity index (χ2n) is 9.88. The average molecular weight is 619 g/mol. The van der Waals surface area contributed by atoms with E-state index in [0.29, 0.717) is 28.7 Å². The van der Waals surface area contributed by atoms with E-state index < -0.39 is 16.1 Å². The SMILES string of the molecule is CCCCNC(=O)[C@H](Cc1ccccc1)N(Cc1ccccc1Cl)C(=O)CCCN(c1cccc(Cl)c1)S(C)(=O)=O. The zero-order chi connectivity index (χ0) is 29.8. The second-order valence-corrected chi connectivity index (χ2v) is 12.6. The van der Waals surface area contributed by atoms with E-state index in [1.807, 2.05) is 55.5 Å². The molecule has 2 amide bonds. The minimum Gasteiger partial charge on any atom is -0.354 e. The van der Waals surface area contributed by atoms with Crippen molar-refractivity contribution in [2.45, 2.75) is 51.6 Å². The Balaban J connectivity index is 1.88. The Labute approximate surface area is 253 Å². The maximum Gasteiger partial charge on any atom is 0.243 e. The van der Waals surface area contributed by atoms with Gasteiger partial charge in [0.25, 0.3) is 0 Å². The van der Waals surface area contributed by atoms with E-state index in [1.165, 1.54) is 4.31 Å². The summed E-state index contributed by atoms with van der Waals surface area (Å²) < 4.78 is 26.4. The van der Waals surface area contributed by atoms with Gasteiger partial charge in [-0.1, -0.05) is 91.1 Å². The molecule has 0 saturated heterocycles. The van der Waals surface area contributed by atoms with Gasteiger partial charge in [-0.25, -0.2) is 8.42 Å². The summed E-state index contributed by atoms with van der Waals surface area (Å²) in [5.74, 6) is -0.504. The number of benzene rings is 3. The van der Waals surface area contributed by atoms with Crippen molar-refractivity contribution in [1.29, 1.82) is 0 Å². The van der Waals surface area contributed by atoms with Gasteiger partial charge in [-0.05, 0) is 48.2 Å². The fourth-order valence-corrected chi connectivity index (χ4v) is 5.84. The van der Waals surface area contributed by atoms with Gasteiger partial charge in [0.15, 0.2) is 0 Å². The van der Waals surface area contributed by atoms with Crippen molar-refractivity contribution in [3.63, 3.8) is 0 Å². The van der Waals surface area contributed by atoms with Crippen LogP contribution >= 0.6 is 23.2 Å². The van der Waals surface area contributed by atoms with Crippen LogP contribution in [0.2, 0.25) is 10.0 Å². The predicted octanol–water partition coefficient (Wildman–Crippen LogP) is 6.10. The monoisotopic (exact) mass is 617 g/mol. The molecule has 0 saturated carbocycles. The van der Waals surface area contributed by atoms with Gasteiger partial charge in [0, 0.05) is 42.5 Å². The molecule has 0 unspecified atom stereocenters. The van der Waals surface area contributed by atoms with Crippen molar-refractivity contribution in [1.82, 2.24) is 10.2 Å². The van der Waals surface area contributed by atoms with Gasteiger partial charge in [-0.15, -0.1) is 0 Å². The van der Waals surface area contributed by atoms with Crippen molar-refractivity contribution in [2.75, 3.05) is 23.7 Å². The Morgan fingerprint density at radius 2 is 1.63 bits per heavy atom. The first-order valence-corrected chi connectivity index (χ1v) is 16.3. The smallest absolute Gasteiger partial charge is 0.243 e. The van der Waals surface area contributed by atoms with Crippen LogP contribution in [0, 0.1) is 0 Å². The maximum atomic E-state index is 13.9. The number of halogens is 2. The van der Waals surface area contributed by atoms with Crippen molar-refractivity contribution in [3.8, 4) is 0 Å². The number of nitrogens with zero attached hydrogens (tertiary/aromatic N) is 2. The van der Waals surface area contributed by atoms with Crippen LogP contribution < -0.4 is 9.62 Å². The predicted molar refractivity (Wildman–Crippen MR) is 167 cm³/mol. The van der Waals surface area contributed by atoms with Gasteiger partial charge < -0.3 is 10.2 Å². The number of anilines is 1. The molecule has 3 aromatic carbocycles. The molecule has 0 radical (unpaired) electrons. The topological polar surface area (TPSA) is 86.8 Å². The maximum absolute atomic E-state index is 13.9. The largest absolute Gasteiger partial charge is 0.354 e. The van der Waals surface area contributed by atoms with Crippen molar-refractivity contribution >= 4 is 50.7 Å². The molecule has 10 heteroatoms. The lowest BCUT2D eigenvalue weighted by atomic mass is 10.0. The number of hydrogen-bond donors (Lipinski definition) is 1. The molecule has 3 rings (SSSR count). The summed E-state index contributed by atoms with van der Waals surface area (Å²) in [6, 6.07) is 22.6. The van der Waals surface area contributed by atoms with E-state index in [1.54, 1.807) is 35.2 Å². The fraction of sp³-hybridized carbons (Fsp3) is 0.355. The van der Waals surface area contributed by atoms with Gasteiger partial charge in [-0.2, -0.15) is 0 Å². The number of nitrogens with one attached hydrogen (secondary N) is 1. The lowest BCUT2D eigenvalue weighted by molar-refractivity contribution is -0.141. The van der Waals surface area contributed by atoms with Crippen LogP contribution in [-0.2, 0) is 32.6 Å². The number of carbonyl (C=O) groups is 2. The van der Waals surface area contributed by atoms with Crippen molar-refractivity contribution in [3.05, 3.63) is 100 Å². The minimum absolute atomic E-state index is 0.0323. The normalized spacial score (nSPS) is 12.0. The standard InChI is InChI=1S/C31H37Cl2N3O4S/c1-3-4-19-34-31(38)29(21-24-12-6-5-7-13-24)35(23-25-14-8-9-17-28(25)33)30(37)18-11-20-36(41(2,39)40)27-16-10-15-26(32)22-27/h5-10,12-17,22,29H,3-4,11,18-21,23H2,1-2H3,(H,34,38)/t29-/m0/s1. The summed E-state index contributed by atoms with van der Waals surface area (Å²) in [5, 5.41) is 3.91. The fourth-order valence-electron chi connectivity index (χ4n) is 4.51. The Bertz CT molecular complexity index is 1400. The molecule has 7 nitrogen and oxygen atoms in total. The highest BCUT2D eigenvalue weighted by atomic mass is 35.5. The molecule has 1 atom stereocenters. The third kappa shape index (κ3) is 10.1. The molecule has 220 valence electrons. The van der Waals surface area contributed by atoms with E-state index in [-0.39, 0.29) is 37.7 Å². The third-order valence-corrected chi connectivity index (χ3v) is 8.45. The molecule has 1 N–H and O–H groups in total. The van der Waals surface area contributed by atoms with Crippen molar-refractivity contribution in [2.24, 2.45) is 0 Å². The summed E-state index contributed by atoms with van der Waals surface area (Å²) in [4.78, 5) is 29.0. The molecule has 0 aliphatic heterocycles. The van der Waals surface area contributed by atoms with Crippen LogP contribution in [-0.4, -0.2) is 50.5 Å². The Kier molecular flexibility index (Phi) is 12.5. The van der Waals surface area contributed by atoms with E-state index >= 15 is 0 Å². The zero-order valence-electron chi connectivity index (χ0n) is 23.4. The molecule has 0 spiro atoms. The van der Waals surface area contributed by atoms with Crippen molar-refractivity contribution < 1.29 is 18.0 Å². The highest BCUT2D eigenvalue weighted by molar-refractivity contribution is 7.92. The van der Waals surface area contributed by atoms with Gasteiger partial charge >= 0.3 is 0 Å². The van der Waals surface area contributed by atoms with Gasteiger partial charge in [0.1, 0.15) is 6.04 Å². The molecule has 0 bridgehead atoms. The third-order valence-electron chi connectivity index (χ3n) is 6.65. The lowest BCUT2D eigenvalue weighted by Crippen LogP contribution is -2.50. The summed E-state index contributed by atoms with van der Waals surface area (Å²) in [6.45, 7) is 2.78. The highest BCUT2D eigenvalue weighted by Crippen LogP contribution is 2.24. The average Bonchev–Trinajstić information content (AvgIpc) is 2.93. The summed E-state index contributed by atoms with van der Waals surface area (Å²) >= 11 is 12.6. The van der Waals surface area contributed by atoms with Crippen LogP contribution in [0.5, 0.6) is 0 Å². The number of rotatable bonds is 15. The molecule has 0 aliphatic rings. The summed E-state index contributed by atoms with van der Waals surface area (Å²) in [7, 11) is -3.62. The molecular formula is C31H37Cl2N3O4S. The quantitative estimate of drug-likeness (QED) is 0.209. The van der Waals surface area contributed by atoms with Crippen LogP contribution in [0.3, 0.4) is 0 Å². The molecule has 3 aromatic rings. The summed E-state index contributed by atoms with van der Waals surface area (Å²) in [5.41, 5.74) is 2.07. The minimum atomic E-state index is -3.62. The number of unbranched alkanes of at least 4 members (excludes halogenated alkanes) is 1. The summed E-state index contributed by atoms with van der Waals surface area (Å²) in [6.07, 6.45) is 3.48. The molecule has 41 heavy (non-hydrogen) atoms. The number of carbonyl (C=O) groups excluding carboxylic acids is 2. The molecular weight excluding hydrogens is 581 g/mol. The van der Waals surface area contributed by atoms with Gasteiger partial charge in [0.05, 0.1) is 11.9 Å². The van der Waals surface area contributed by atoms with E-state index in [4.69, 9.17) is 23.2 Å². The molecule has 0 aromatic heterocycles. The Morgan fingerprint density at radius 1 is 0.927 bits per heavy atom. The Morgan fingerprint density at radius 3 is 2.29 bits per heavy atom.